The first-order chi connectivity index (χ1) is 4.24. The molecule has 0 aromatic rings. The fourth-order valence-corrected chi connectivity index (χ4v) is 1.06. The molecule has 0 aliphatic carbocycles. The average molecular weight is 165 g/mol. The van der Waals surface area contributed by atoms with Gasteiger partial charge >= 0.3 is 0 Å². The quantitative estimate of drug-likeness (QED) is 0.598. The molecule has 1 aliphatic heterocycles. The van der Waals surface area contributed by atoms with E-state index in [0.29, 0.717) is 6.04 Å². The Hall–Kier alpha value is -0.280. The van der Waals surface area contributed by atoms with Crippen molar-refractivity contribution in [3.05, 3.63) is 0 Å². The van der Waals surface area contributed by atoms with Gasteiger partial charge in [0.15, 0.2) is 0 Å². The molecule has 0 aromatic carbocycles. The van der Waals surface area contributed by atoms with Crippen LogP contribution in [-0.4, -0.2) is 42.1 Å². The second kappa shape index (κ2) is 3.78. The van der Waals surface area contributed by atoms with Crippen molar-refractivity contribution in [3.63, 3.8) is 0 Å². The Balaban J connectivity index is 0.000000810. The Morgan fingerprint density at radius 3 is 2.60 bits per heavy atom. The number of aliphatic imine (C=N–C) groups is 1. The highest BCUT2D eigenvalue weighted by molar-refractivity contribution is 5.85. The molecule has 1 unspecified atom stereocenters. The lowest BCUT2D eigenvalue weighted by molar-refractivity contribution is 0.339. The summed E-state index contributed by atoms with van der Waals surface area (Å²) in [5.74, 6) is 0.808. The molecule has 1 rings (SSSR count). The van der Waals surface area contributed by atoms with E-state index in [4.69, 9.17) is 5.11 Å². The third-order valence-corrected chi connectivity index (χ3v) is 1.49. The van der Waals surface area contributed by atoms with Crippen LogP contribution in [0.1, 0.15) is 6.92 Å². The van der Waals surface area contributed by atoms with Gasteiger partial charge < -0.3 is 10.0 Å². The van der Waals surface area contributed by atoms with Gasteiger partial charge in [0.2, 0.25) is 0 Å². The summed E-state index contributed by atoms with van der Waals surface area (Å²) in [5.41, 5.74) is 0. The summed E-state index contributed by atoms with van der Waals surface area (Å²) in [6, 6.07) is 0.358. The van der Waals surface area contributed by atoms with E-state index in [9.17, 15) is 0 Å². The molecule has 0 saturated carbocycles. The fourth-order valence-electron chi connectivity index (χ4n) is 1.06. The maximum absolute atomic E-state index is 8.68. The molecule has 0 bridgehead atoms. The third kappa shape index (κ3) is 1.85. The molecule has 4 heteroatoms. The minimum Gasteiger partial charge on any atom is -0.388 e. The zero-order chi connectivity index (χ0) is 6.85. The highest BCUT2D eigenvalue weighted by Gasteiger charge is 2.16. The van der Waals surface area contributed by atoms with Crippen molar-refractivity contribution < 1.29 is 5.11 Å². The van der Waals surface area contributed by atoms with Crippen LogP contribution in [0.15, 0.2) is 4.99 Å². The standard InChI is InChI=1S/C6H12N2O.ClH/c1-5-3-8(2)6(4-9)7-5;/h5,9H,3-4H2,1-2H3;1H. The van der Waals surface area contributed by atoms with Crippen LogP contribution < -0.4 is 0 Å². The lowest BCUT2D eigenvalue weighted by atomic mass is 10.4. The van der Waals surface area contributed by atoms with Gasteiger partial charge in [0, 0.05) is 13.6 Å². The number of aliphatic hydroxyl groups excluding tert-OH is 1. The van der Waals surface area contributed by atoms with Crippen LogP contribution in [0.25, 0.3) is 0 Å². The number of aliphatic hydroxyl groups is 1. The van der Waals surface area contributed by atoms with Gasteiger partial charge in [0.05, 0.1) is 6.04 Å². The van der Waals surface area contributed by atoms with Crippen LogP contribution in [-0.2, 0) is 0 Å². The Morgan fingerprint density at radius 1 is 1.80 bits per heavy atom. The van der Waals surface area contributed by atoms with Gasteiger partial charge in [-0.2, -0.15) is 0 Å². The molecule has 3 nitrogen and oxygen atoms in total. The van der Waals surface area contributed by atoms with Crippen molar-refractivity contribution >= 4 is 18.2 Å². The molecule has 0 fully saturated rings. The van der Waals surface area contributed by atoms with Crippen LogP contribution in [0.5, 0.6) is 0 Å². The molecule has 0 saturated heterocycles. The summed E-state index contributed by atoms with van der Waals surface area (Å²) in [4.78, 5) is 6.16. The lowest BCUT2D eigenvalue weighted by Crippen LogP contribution is -2.26. The Morgan fingerprint density at radius 2 is 2.40 bits per heavy atom. The van der Waals surface area contributed by atoms with E-state index in [1.807, 2.05) is 18.9 Å². The van der Waals surface area contributed by atoms with E-state index in [-0.39, 0.29) is 19.0 Å². The Bertz CT molecular complexity index is 138. The molecule has 0 aromatic heterocycles. The van der Waals surface area contributed by atoms with Gasteiger partial charge in [0.1, 0.15) is 12.4 Å². The van der Waals surface area contributed by atoms with Crippen molar-refractivity contribution in [2.75, 3.05) is 20.2 Å². The highest BCUT2D eigenvalue weighted by atomic mass is 35.5. The molecule has 1 atom stereocenters. The Kier molecular flexibility index (Phi) is 3.68. The zero-order valence-electron chi connectivity index (χ0n) is 6.24. The summed E-state index contributed by atoms with van der Waals surface area (Å²) < 4.78 is 0. The minimum absolute atomic E-state index is 0. The van der Waals surface area contributed by atoms with Gasteiger partial charge in [-0.1, -0.05) is 0 Å². The number of hydrogen-bond donors (Lipinski definition) is 1. The number of likely N-dealkylation sites (N-methyl/N-ethyl adjacent to an activating group) is 1. The molecule has 0 spiro atoms. The van der Waals surface area contributed by atoms with Gasteiger partial charge in [0.25, 0.3) is 0 Å². The summed E-state index contributed by atoms with van der Waals surface area (Å²) >= 11 is 0. The van der Waals surface area contributed by atoms with E-state index in [2.05, 4.69) is 4.99 Å². The van der Waals surface area contributed by atoms with E-state index < -0.39 is 0 Å². The number of rotatable bonds is 1. The van der Waals surface area contributed by atoms with E-state index in [0.717, 1.165) is 12.4 Å². The summed E-state index contributed by atoms with van der Waals surface area (Å²) in [5, 5.41) is 8.68. The monoisotopic (exact) mass is 164 g/mol. The second-order valence-electron chi connectivity index (χ2n) is 2.43. The van der Waals surface area contributed by atoms with E-state index >= 15 is 0 Å². The van der Waals surface area contributed by atoms with Crippen LogP contribution >= 0.6 is 12.4 Å². The topological polar surface area (TPSA) is 35.8 Å². The molecule has 1 heterocycles. The smallest absolute Gasteiger partial charge is 0.125 e. The number of nitrogens with zero attached hydrogens (tertiary/aromatic N) is 2. The predicted molar refractivity (Wildman–Crippen MR) is 43.9 cm³/mol. The highest BCUT2D eigenvalue weighted by Crippen LogP contribution is 2.04. The van der Waals surface area contributed by atoms with Crippen LogP contribution in [0, 0.1) is 0 Å². The van der Waals surface area contributed by atoms with Crippen molar-refractivity contribution in [3.8, 4) is 0 Å². The maximum atomic E-state index is 8.68. The molecule has 1 aliphatic rings. The number of amidine groups is 1. The first-order valence-corrected chi connectivity index (χ1v) is 3.12. The van der Waals surface area contributed by atoms with Crippen molar-refractivity contribution in [2.45, 2.75) is 13.0 Å². The van der Waals surface area contributed by atoms with Crippen molar-refractivity contribution in [1.82, 2.24) is 4.90 Å². The van der Waals surface area contributed by atoms with Crippen LogP contribution in [0.2, 0.25) is 0 Å². The average Bonchev–Trinajstić information content (AvgIpc) is 2.10. The van der Waals surface area contributed by atoms with Crippen molar-refractivity contribution in [2.24, 2.45) is 4.99 Å². The van der Waals surface area contributed by atoms with E-state index in [1.54, 1.807) is 0 Å². The molecule has 1 N–H and O–H groups in total. The molecular weight excluding hydrogens is 152 g/mol. The van der Waals surface area contributed by atoms with Gasteiger partial charge in [-0.25, -0.2) is 0 Å². The first-order valence-electron chi connectivity index (χ1n) is 3.12. The summed E-state index contributed by atoms with van der Waals surface area (Å²) in [6.07, 6.45) is 0. The van der Waals surface area contributed by atoms with Crippen LogP contribution in [0.4, 0.5) is 0 Å². The Labute approximate surface area is 67.2 Å². The molecule has 0 amide bonds. The zero-order valence-corrected chi connectivity index (χ0v) is 7.06. The molecule has 10 heavy (non-hydrogen) atoms. The number of hydrogen-bond acceptors (Lipinski definition) is 3. The molecule has 0 radical (unpaired) electrons. The second-order valence-corrected chi connectivity index (χ2v) is 2.43. The lowest BCUT2D eigenvalue weighted by Gasteiger charge is -2.10. The largest absolute Gasteiger partial charge is 0.388 e. The van der Waals surface area contributed by atoms with Gasteiger partial charge in [-0.05, 0) is 6.92 Å². The van der Waals surface area contributed by atoms with Gasteiger partial charge in [-0.15, -0.1) is 12.4 Å². The first kappa shape index (κ1) is 9.72. The van der Waals surface area contributed by atoms with Crippen LogP contribution in [0.3, 0.4) is 0 Å². The summed E-state index contributed by atoms with van der Waals surface area (Å²) in [7, 11) is 1.94. The third-order valence-electron chi connectivity index (χ3n) is 1.49. The molecule has 60 valence electrons. The predicted octanol–water partition coefficient (Wildman–Crippen LogP) is 0.133. The van der Waals surface area contributed by atoms with E-state index in [1.165, 1.54) is 0 Å². The normalized spacial score (nSPS) is 24.1. The summed E-state index contributed by atoms with van der Waals surface area (Å²) in [6.45, 7) is 3.05. The maximum Gasteiger partial charge on any atom is 0.125 e. The van der Waals surface area contributed by atoms with Gasteiger partial charge in [-0.3, -0.25) is 4.99 Å². The SMILES string of the molecule is CC1CN(C)C(CO)=N1.Cl. The fraction of sp³-hybridized carbons (Fsp3) is 0.833. The van der Waals surface area contributed by atoms with Crippen molar-refractivity contribution in [1.29, 1.82) is 0 Å². The molecular formula is C6H13ClN2O. The minimum atomic E-state index is 0. The number of halogens is 1.